The second-order valence-corrected chi connectivity index (χ2v) is 11.6. The first-order valence-electron chi connectivity index (χ1n) is 13.4. The van der Waals surface area contributed by atoms with Gasteiger partial charge in [-0.2, -0.15) is 0 Å². The Morgan fingerprint density at radius 1 is 1.18 bits per heavy atom. The van der Waals surface area contributed by atoms with E-state index in [1.807, 2.05) is 6.92 Å². The standard InChI is InChI=1S/C29H37N3O8/c1-6-13-7-15(10-31-18(33)11-32(4)5)23(34)21-16(13)8-14-9-17-19(12(2)3)24(35)22(28(30)39)27(38)29(17,40)26(37)20(14)25(21)36/h7,12,14,17,19,34,36,38,40H,6,8-11H2,1-5H3,(H2,30,39)(H,31,33)/t14-,17-,19-,29-/m0/s1. The van der Waals surface area contributed by atoms with Gasteiger partial charge in [0.1, 0.15) is 22.8 Å². The number of aryl methyl sites for hydroxylation is 1. The first kappa shape index (κ1) is 29.3. The molecule has 0 heterocycles. The van der Waals surface area contributed by atoms with Crippen molar-refractivity contribution in [1.29, 1.82) is 0 Å². The highest BCUT2D eigenvalue weighted by Gasteiger charge is 2.64. The highest BCUT2D eigenvalue weighted by Crippen LogP contribution is 2.55. The van der Waals surface area contributed by atoms with Crippen molar-refractivity contribution in [2.45, 2.75) is 52.2 Å². The van der Waals surface area contributed by atoms with E-state index in [9.17, 15) is 39.6 Å². The Kier molecular flexibility index (Phi) is 7.59. The van der Waals surface area contributed by atoms with Gasteiger partial charge < -0.3 is 36.4 Å². The van der Waals surface area contributed by atoms with Crippen LogP contribution >= 0.6 is 0 Å². The van der Waals surface area contributed by atoms with Gasteiger partial charge in [0.05, 0.1) is 12.1 Å². The number of hydrogen-bond donors (Lipinski definition) is 6. The molecular formula is C29H37N3O8. The Morgan fingerprint density at radius 3 is 2.38 bits per heavy atom. The minimum Gasteiger partial charge on any atom is -0.508 e. The number of likely N-dealkylation sites (N-methyl/N-ethyl adjacent to an activating group) is 1. The first-order chi connectivity index (χ1) is 18.7. The number of hydrogen-bond acceptors (Lipinski definition) is 9. The average molecular weight is 556 g/mol. The van der Waals surface area contributed by atoms with Gasteiger partial charge in [-0.15, -0.1) is 0 Å². The minimum absolute atomic E-state index is 0.0194. The van der Waals surface area contributed by atoms with E-state index >= 15 is 0 Å². The van der Waals surface area contributed by atoms with Crippen LogP contribution in [0, 0.1) is 23.7 Å². The molecule has 1 aromatic carbocycles. The van der Waals surface area contributed by atoms with Crippen LogP contribution in [-0.4, -0.2) is 74.9 Å². The van der Waals surface area contributed by atoms with Gasteiger partial charge in [-0.05, 0) is 56.3 Å². The van der Waals surface area contributed by atoms with E-state index in [4.69, 9.17) is 5.73 Å². The molecule has 0 spiro atoms. The largest absolute Gasteiger partial charge is 0.508 e. The maximum atomic E-state index is 14.0. The molecule has 0 aromatic heterocycles. The van der Waals surface area contributed by atoms with Gasteiger partial charge in [-0.3, -0.25) is 19.2 Å². The number of rotatable bonds is 7. The Bertz CT molecular complexity index is 1380. The van der Waals surface area contributed by atoms with E-state index in [1.165, 1.54) is 0 Å². The molecule has 0 saturated heterocycles. The molecule has 0 unspecified atom stereocenters. The summed E-state index contributed by atoms with van der Waals surface area (Å²) < 4.78 is 0. The van der Waals surface area contributed by atoms with Crippen LogP contribution in [0.2, 0.25) is 0 Å². The second-order valence-electron chi connectivity index (χ2n) is 11.6. The molecule has 1 aromatic rings. The lowest BCUT2D eigenvalue weighted by Gasteiger charge is -2.50. The number of benzene rings is 1. The smallest absolute Gasteiger partial charge is 0.255 e. The molecule has 1 fully saturated rings. The molecule has 11 nitrogen and oxygen atoms in total. The van der Waals surface area contributed by atoms with Crippen LogP contribution in [0.25, 0.3) is 5.76 Å². The van der Waals surface area contributed by atoms with Crippen molar-refractivity contribution in [1.82, 2.24) is 10.2 Å². The highest BCUT2D eigenvalue weighted by atomic mass is 16.3. The highest BCUT2D eigenvalue weighted by molar-refractivity contribution is 6.23. The molecule has 7 N–H and O–H groups in total. The SMILES string of the molecule is CCc1cc(CNC(=O)CN(C)C)c(O)c2c1C[C@H]1C[C@H]3[C@H](C(C)C)C(=O)C(C(N)=O)=C(O)[C@@]3(O)C(=O)C1=C2O. The molecule has 3 aliphatic rings. The van der Waals surface area contributed by atoms with E-state index in [1.54, 1.807) is 38.9 Å². The molecule has 1 saturated carbocycles. The molecule has 2 amide bonds. The fraction of sp³-hybridized carbons (Fsp3) is 0.517. The van der Waals surface area contributed by atoms with Crippen molar-refractivity contribution in [3.63, 3.8) is 0 Å². The number of aliphatic hydroxyl groups is 3. The molecule has 4 atom stereocenters. The molecule has 40 heavy (non-hydrogen) atoms. The summed E-state index contributed by atoms with van der Waals surface area (Å²) in [6, 6.07) is 1.76. The van der Waals surface area contributed by atoms with Crippen LogP contribution < -0.4 is 11.1 Å². The van der Waals surface area contributed by atoms with E-state index in [-0.39, 0.29) is 48.7 Å². The summed E-state index contributed by atoms with van der Waals surface area (Å²) in [4.78, 5) is 53.2. The summed E-state index contributed by atoms with van der Waals surface area (Å²) in [6.45, 7) is 5.47. The zero-order chi connectivity index (χ0) is 29.8. The summed E-state index contributed by atoms with van der Waals surface area (Å²) >= 11 is 0. The van der Waals surface area contributed by atoms with Crippen LogP contribution in [0.3, 0.4) is 0 Å². The van der Waals surface area contributed by atoms with Crippen molar-refractivity contribution in [3.05, 3.63) is 45.2 Å². The predicted molar refractivity (Wildman–Crippen MR) is 145 cm³/mol. The molecule has 0 radical (unpaired) electrons. The van der Waals surface area contributed by atoms with Gasteiger partial charge in [-0.25, -0.2) is 0 Å². The Morgan fingerprint density at radius 2 is 1.82 bits per heavy atom. The summed E-state index contributed by atoms with van der Waals surface area (Å²) in [7, 11) is 3.49. The number of aliphatic hydroxyl groups excluding tert-OH is 2. The minimum atomic E-state index is -2.65. The number of nitrogens with zero attached hydrogens (tertiary/aromatic N) is 1. The molecule has 216 valence electrons. The fourth-order valence-corrected chi connectivity index (χ4v) is 6.68. The number of nitrogens with one attached hydrogen (secondary N) is 1. The Balaban J connectivity index is 1.87. The van der Waals surface area contributed by atoms with Crippen molar-refractivity contribution in [2.24, 2.45) is 29.4 Å². The van der Waals surface area contributed by atoms with Crippen LogP contribution in [0.5, 0.6) is 5.75 Å². The predicted octanol–water partition coefficient (Wildman–Crippen LogP) is 1.05. The maximum absolute atomic E-state index is 14.0. The summed E-state index contributed by atoms with van der Waals surface area (Å²) in [5, 5.41) is 48.1. The summed E-state index contributed by atoms with van der Waals surface area (Å²) in [6.07, 6.45) is 0.845. The van der Waals surface area contributed by atoms with Crippen molar-refractivity contribution < 1.29 is 39.6 Å². The number of amides is 2. The first-order valence-corrected chi connectivity index (χ1v) is 13.4. The van der Waals surface area contributed by atoms with Gasteiger partial charge >= 0.3 is 0 Å². The van der Waals surface area contributed by atoms with Crippen LogP contribution in [-0.2, 0) is 38.6 Å². The number of primary amides is 1. The molecule has 3 aliphatic carbocycles. The number of ketones is 2. The molecule has 4 rings (SSSR count). The lowest BCUT2D eigenvalue weighted by molar-refractivity contribution is -0.155. The van der Waals surface area contributed by atoms with Crippen molar-refractivity contribution >= 4 is 29.1 Å². The number of Topliss-reactive ketones (excluding diaryl/α,β-unsaturated/α-hetero) is 2. The number of phenolic OH excluding ortho intramolecular Hbond substituents is 1. The van der Waals surface area contributed by atoms with Crippen molar-refractivity contribution in [3.8, 4) is 5.75 Å². The third-order valence-corrected chi connectivity index (χ3v) is 8.46. The molecule has 0 bridgehead atoms. The maximum Gasteiger partial charge on any atom is 0.255 e. The van der Waals surface area contributed by atoms with Crippen LogP contribution in [0.4, 0.5) is 0 Å². The zero-order valence-electron chi connectivity index (χ0n) is 23.4. The number of phenols is 1. The van der Waals surface area contributed by atoms with E-state index in [2.05, 4.69) is 5.32 Å². The van der Waals surface area contributed by atoms with Crippen LogP contribution in [0.15, 0.2) is 23.0 Å². The zero-order valence-corrected chi connectivity index (χ0v) is 23.4. The number of fused-ring (bicyclic) bond motifs is 3. The molecule has 0 aliphatic heterocycles. The molecule has 11 heteroatoms. The van der Waals surface area contributed by atoms with Gasteiger partial charge in [-0.1, -0.05) is 26.8 Å². The lowest BCUT2D eigenvalue weighted by Crippen LogP contribution is -2.62. The van der Waals surface area contributed by atoms with Crippen LogP contribution in [0.1, 0.15) is 49.4 Å². The van der Waals surface area contributed by atoms with Gasteiger partial charge in [0.25, 0.3) is 5.91 Å². The summed E-state index contributed by atoms with van der Waals surface area (Å²) in [5.74, 6) is -8.25. The average Bonchev–Trinajstić information content (AvgIpc) is 2.85. The monoisotopic (exact) mass is 555 g/mol. The van der Waals surface area contributed by atoms with E-state index in [0.717, 1.165) is 5.56 Å². The fourth-order valence-electron chi connectivity index (χ4n) is 6.68. The Hall–Kier alpha value is -3.70. The summed E-state index contributed by atoms with van der Waals surface area (Å²) in [5.41, 5.74) is 3.54. The van der Waals surface area contributed by atoms with Gasteiger partial charge in [0.2, 0.25) is 11.7 Å². The normalized spacial score (nSPS) is 26.1. The third-order valence-electron chi connectivity index (χ3n) is 8.46. The number of nitrogens with two attached hydrogens (primary N) is 1. The number of aromatic hydroxyl groups is 1. The van der Waals surface area contributed by atoms with Crippen molar-refractivity contribution in [2.75, 3.05) is 20.6 Å². The topological polar surface area (TPSA) is 190 Å². The third kappa shape index (κ3) is 4.37. The van der Waals surface area contributed by atoms with E-state index in [0.29, 0.717) is 17.5 Å². The molecular weight excluding hydrogens is 518 g/mol. The number of carbonyl (C=O) groups is 4. The van der Waals surface area contributed by atoms with Gasteiger partial charge in [0.15, 0.2) is 11.4 Å². The lowest BCUT2D eigenvalue weighted by atomic mass is 9.54. The van der Waals surface area contributed by atoms with Gasteiger partial charge in [0, 0.05) is 29.5 Å². The van der Waals surface area contributed by atoms with E-state index < -0.39 is 63.8 Å². The quantitative estimate of drug-likeness (QED) is 0.267. The second kappa shape index (κ2) is 10.4. The Labute approximate surface area is 232 Å². The number of carbonyl (C=O) groups excluding carboxylic acids is 4.